The summed E-state index contributed by atoms with van der Waals surface area (Å²) in [6, 6.07) is 27.3. The van der Waals surface area contributed by atoms with Gasteiger partial charge in [0.2, 0.25) is 10.9 Å². The Kier molecular flexibility index (Phi) is 5.01. The third-order valence-electron chi connectivity index (χ3n) is 5.09. The molecule has 0 unspecified atom stereocenters. The molecule has 2 aromatic heterocycles. The molecule has 0 spiro atoms. The van der Waals surface area contributed by atoms with Crippen LogP contribution in [-0.4, -0.2) is 25.7 Å². The van der Waals surface area contributed by atoms with Gasteiger partial charge in [0.05, 0.1) is 11.6 Å². The zero-order valence-corrected chi connectivity index (χ0v) is 17.6. The molecule has 7 heteroatoms. The average Bonchev–Trinajstić information content (AvgIpc) is 3.38. The summed E-state index contributed by atoms with van der Waals surface area (Å²) in [6.07, 6.45) is 0. The molecule has 0 saturated heterocycles. The number of benzene rings is 3. The zero-order chi connectivity index (χ0) is 21.2. The van der Waals surface area contributed by atoms with Crippen molar-refractivity contribution >= 4 is 27.9 Å². The van der Waals surface area contributed by atoms with E-state index in [-0.39, 0.29) is 5.91 Å². The highest BCUT2D eigenvalue weighted by molar-refractivity contribution is 7.19. The molecule has 31 heavy (non-hydrogen) atoms. The van der Waals surface area contributed by atoms with Crippen LogP contribution in [0.4, 0.5) is 5.69 Å². The molecule has 0 atom stereocenters. The Bertz CT molecular complexity index is 1300. The lowest BCUT2D eigenvalue weighted by Gasteiger charge is -2.19. The fraction of sp³-hybridized carbons (Fsp3) is 0.0833. The maximum Gasteiger partial charge on any atom is 0.236 e. The third-order valence-corrected chi connectivity index (χ3v) is 6.02. The largest absolute Gasteiger partial charge is 0.325 e. The van der Waals surface area contributed by atoms with Crippen LogP contribution in [0.15, 0.2) is 84.9 Å². The Morgan fingerprint density at radius 1 is 0.871 bits per heavy atom. The van der Waals surface area contributed by atoms with Crippen LogP contribution < -0.4 is 5.32 Å². The SMILES string of the molecule is Cc1nnc2sc(-c3ccccc3NC(=O)C(c3ccccc3)c3ccccc3)nn12. The molecule has 0 aliphatic heterocycles. The van der Waals surface area contributed by atoms with Gasteiger partial charge in [-0.1, -0.05) is 84.1 Å². The average molecular weight is 426 g/mol. The first kappa shape index (κ1) is 19.1. The van der Waals surface area contributed by atoms with Crippen LogP contribution in [0.25, 0.3) is 15.5 Å². The van der Waals surface area contributed by atoms with Crippen molar-refractivity contribution in [3.8, 4) is 10.6 Å². The number of hydrogen-bond acceptors (Lipinski definition) is 5. The number of carbonyl (C=O) groups excluding carboxylic acids is 1. The van der Waals surface area contributed by atoms with Gasteiger partial charge in [-0.3, -0.25) is 4.79 Å². The number of nitrogens with zero attached hydrogens (tertiary/aromatic N) is 4. The standard InChI is InChI=1S/C24H19N5OS/c1-16-26-27-24-29(16)28-23(31-24)19-14-8-9-15-20(19)25-22(30)21(17-10-4-2-5-11-17)18-12-6-3-7-13-18/h2-15,21H,1H3,(H,25,30). The van der Waals surface area contributed by atoms with Gasteiger partial charge in [0, 0.05) is 5.56 Å². The first-order valence-electron chi connectivity index (χ1n) is 9.90. The zero-order valence-electron chi connectivity index (χ0n) is 16.8. The van der Waals surface area contributed by atoms with Gasteiger partial charge in [-0.05, 0) is 30.2 Å². The van der Waals surface area contributed by atoms with Gasteiger partial charge in [-0.2, -0.15) is 9.61 Å². The van der Waals surface area contributed by atoms with Crippen molar-refractivity contribution in [2.45, 2.75) is 12.8 Å². The maximum absolute atomic E-state index is 13.5. The molecule has 0 aliphatic rings. The van der Waals surface area contributed by atoms with Crippen molar-refractivity contribution in [2.75, 3.05) is 5.32 Å². The number of anilines is 1. The van der Waals surface area contributed by atoms with Gasteiger partial charge >= 0.3 is 0 Å². The molecular weight excluding hydrogens is 406 g/mol. The number of hydrogen-bond donors (Lipinski definition) is 1. The Morgan fingerprint density at radius 2 is 1.48 bits per heavy atom. The van der Waals surface area contributed by atoms with Crippen molar-refractivity contribution in [1.29, 1.82) is 0 Å². The molecule has 0 aliphatic carbocycles. The Hall–Kier alpha value is -3.84. The monoisotopic (exact) mass is 425 g/mol. The fourth-order valence-electron chi connectivity index (χ4n) is 3.59. The van der Waals surface area contributed by atoms with E-state index in [0.717, 1.165) is 32.5 Å². The van der Waals surface area contributed by atoms with E-state index < -0.39 is 5.92 Å². The second kappa shape index (κ2) is 8.12. The summed E-state index contributed by atoms with van der Waals surface area (Å²) in [7, 11) is 0. The van der Waals surface area contributed by atoms with E-state index in [2.05, 4.69) is 20.6 Å². The van der Waals surface area contributed by atoms with Gasteiger partial charge in [0.15, 0.2) is 5.82 Å². The fourth-order valence-corrected chi connectivity index (χ4v) is 4.52. The number of carbonyl (C=O) groups is 1. The molecule has 6 nitrogen and oxygen atoms in total. The Balaban J connectivity index is 1.52. The Morgan fingerprint density at radius 3 is 2.13 bits per heavy atom. The number of amides is 1. The molecule has 1 amide bonds. The van der Waals surface area contributed by atoms with Crippen LogP contribution in [0, 0.1) is 6.92 Å². The number of nitrogens with one attached hydrogen (secondary N) is 1. The van der Waals surface area contributed by atoms with Crippen molar-refractivity contribution in [3.05, 3.63) is 102 Å². The van der Waals surface area contributed by atoms with Gasteiger partial charge in [-0.25, -0.2) is 0 Å². The summed E-state index contributed by atoms with van der Waals surface area (Å²) >= 11 is 1.44. The van der Waals surface area contributed by atoms with Gasteiger partial charge in [-0.15, -0.1) is 10.2 Å². The summed E-state index contributed by atoms with van der Waals surface area (Å²) in [5, 5.41) is 16.7. The highest BCUT2D eigenvalue weighted by Gasteiger charge is 2.24. The first-order valence-corrected chi connectivity index (χ1v) is 10.7. The number of fused-ring (bicyclic) bond motifs is 1. The van der Waals surface area contributed by atoms with Crippen LogP contribution in [0.5, 0.6) is 0 Å². The smallest absolute Gasteiger partial charge is 0.236 e. The maximum atomic E-state index is 13.5. The van der Waals surface area contributed by atoms with Crippen molar-refractivity contribution in [3.63, 3.8) is 0 Å². The third kappa shape index (κ3) is 3.71. The molecule has 3 aromatic carbocycles. The van der Waals surface area contributed by atoms with Crippen molar-refractivity contribution < 1.29 is 4.79 Å². The lowest BCUT2D eigenvalue weighted by molar-refractivity contribution is -0.116. The van der Waals surface area contributed by atoms with E-state index >= 15 is 0 Å². The number of aryl methyl sites for hydroxylation is 1. The van der Waals surface area contributed by atoms with Crippen LogP contribution in [0.3, 0.4) is 0 Å². The van der Waals surface area contributed by atoms with Gasteiger partial charge in [0.1, 0.15) is 5.01 Å². The minimum Gasteiger partial charge on any atom is -0.325 e. The Labute approximate surface area is 183 Å². The van der Waals surface area contributed by atoms with E-state index in [1.54, 1.807) is 4.52 Å². The predicted octanol–water partition coefficient (Wildman–Crippen LogP) is 4.93. The molecule has 2 heterocycles. The first-order chi connectivity index (χ1) is 15.2. The summed E-state index contributed by atoms with van der Waals surface area (Å²) in [5.74, 6) is 0.215. The minimum atomic E-state index is -0.421. The molecule has 0 fully saturated rings. The van der Waals surface area contributed by atoms with E-state index in [1.807, 2.05) is 91.9 Å². The topological polar surface area (TPSA) is 72.2 Å². The molecule has 0 radical (unpaired) electrons. The number of aromatic nitrogens is 4. The minimum absolute atomic E-state index is 0.0935. The van der Waals surface area contributed by atoms with Crippen LogP contribution in [-0.2, 0) is 4.79 Å². The highest BCUT2D eigenvalue weighted by Crippen LogP contribution is 2.33. The van der Waals surface area contributed by atoms with Crippen LogP contribution in [0.2, 0.25) is 0 Å². The lowest BCUT2D eigenvalue weighted by atomic mass is 9.90. The normalized spacial score (nSPS) is 11.2. The molecule has 5 aromatic rings. The molecule has 0 bridgehead atoms. The highest BCUT2D eigenvalue weighted by atomic mass is 32.1. The van der Waals surface area contributed by atoms with Gasteiger partial charge in [0.25, 0.3) is 0 Å². The second-order valence-corrected chi connectivity index (χ2v) is 8.09. The number of para-hydroxylation sites is 1. The quantitative estimate of drug-likeness (QED) is 0.433. The van der Waals surface area contributed by atoms with E-state index in [4.69, 9.17) is 0 Å². The van der Waals surface area contributed by atoms with Crippen LogP contribution >= 0.6 is 11.3 Å². The predicted molar refractivity (Wildman–Crippen MR) is 122 cm³/mol. The molecular formula is C24H19N5OS. The van der Waals surface area contributed by atoms with E-state index in [9.17, 15) is 4.79 Å². The summed E-state index contributed by atoms with van der Waals surface area (Å²) in [6.45, 7) is 1.86. The molecule has 0 saturated carbocycles. The lowest BCUT2D eigenvalue weighted by Crippen LogP contribution is -2.22. The van der Waals surface area contributed by atoms with E-state index in [1.165, 1.54) is 11.3 Å². The summed E-state index contributed by atoms with van der Waals surface area (Å²) in [4.78, 5) is 14.2. The van der Waals surface area contributed by atoms with Gasteiger partial charge < -0.3 is 5.32 Å². The second-order valence-electron chi connectivity index (χ2n) is 7.14. The molecule has 5 rings (SSSR count). The number of rotatable bonds is 5. The van der Waals surface area contributed by atoms with Crippen LogP contribution in [0.1, 0.15) is 22.9 Å². The summed E-state index contributed by atoms with van der Waals surface area (Å²) in [5.41, 5.74) is 3.45. The van der Waals surface area contributed by atoms with Crippen molar-refractivity contribution in [2.24, 2.45) is 0 Å². The van der Waals surface area contributed by atoms with E-state index in [0.29, 0.717) is 5.69 Å². The van der Waals surface area contributed by atoms with Crippen molar-refractivity contribution in [1.82, 2.24) is 19.8 Å². The summed E-state index contributed by atoms with van der Waals surface area (Å²) < 4.78 is 1.72. The molecule has 1 N–H and O–H groups in total. The molecule has 152 valence electrons.